The zero-order valence-electron chi connectivity index (χ0n) is 10.7. The predicted molar refractivity (Wildman–Crippen MR) is 67.3 cm³/mol. The van der Waals surface area contributed by atoms with Crippen molar-refractivity contribution >= 4 is 11.9 Å². The Morgan fingerprint density at radius 2 is 1.89 bits per heavy atom. The maximum atomic E-state index is 12.0. The van der Waals surface area contributed by atoms with Crippen LogP contribution in [-0.4, -0.2) is 24.2 Å². The second kappa shape index (κ2) is 6.19. The van der Waals surface area contributed by atoms with Crippen molar-refractivity contribution in [2.75, 3.05) is 7.11 Å². The standard InChI is InChI=1S/C14H18O4/c1-3-4-10-14(12(15)16,13(17)18-2)11-8-6-5-7-9-11/h5-9H,3-4,10H2,1-2H3,(H,15,16)/t14-/m0/s1. The number of methoxy groups -OCH3 is 1. The van der Waals surface area contributed by atoms with Gasteiger partial charge in [-0.2, -0.15) is 0 Å². The molecule has 18 heavy (non-hydrogen) atoms. The molecule has 1 rings (SSSR count). The number of carbonyl (C=O) groups is 2. The topological polar surface area (TPSA) is 63.6 Å². The van der Waals surface area contributed by atoms with E-state index in [1.807, 2.05) is 6.92 Å². The molecule has 98 valence electrons. The summed E-state index contributed by atoms with van der Waals surface area (Å²) in [7, 11) is 1.22. The van der Waals surface area contributed by atoms with E-state index in [2.05, 4.69) is 0 Å². The molecule has 4 heteroatoms. The summed E-state index contributed by atoms with van der Waals surface area (Å²) in [5.41, 5.74) is -1.12. The lowest BCUT2D eigenvalue weighted by Crippen LogP contribution is -2.44. The minimum atomic E-state index is -1.59. The van der Waals surface area contributed by atoms with Gasteiger partial charge >= 0.3 is 11.9 Å². The van der Waals surface area contributed by atoms with Crippen molar-refractivity contribution in [2.45, 2.75) is 31.6 Å². The molecule has 1 aromatic carbocycles. The van der Waals surface area contributed by atoms with Crippen molar-refractivity contribution in [3.63, 3.8) is 0 Å². The third-order valence-corrected chi connectivity index (χ3v) is 3.07. The third-order valence-electron chi connectivity index (χ3n) is 3.07. The summed E-state index contributed by atoms with van der Waals surface area (Å²) in [6, 6.07) is 8.54. The molecule has 4 nitrogen and oxygen atoms in total. The minimum Gasteiger partial charge on any atom is -0.480 e. The summed E-state index contributed by atoms with van der Waals surface area (Å²) in [5, 5.41) is 9.50. The van der Waals surface area contributed by atoms with Crippen LogP contribution in [-0.2, 0) is 19.7 Å². The molecule has 0 amide bonds. The largest absolute Gasteiger partial charge is 0.480 e. The first kappa shape index (κ1) is 14.2. The molecule has 1 N–H and O–H groups in total. The van der Waals surface area contributed by atoms with Crippen LogP contribution in [0.15, 0.2) is 30.3 Å². The number of carboxylic acids is 1. The van der Waals surface area contributed by atoms with Gasteiger partial charge in [0, 0.05) is 0 Å². The highest BCUT2D eigenvalue weighted by molar-refractivity contribution is 6.05. The summed E-state index contributed by atoms with van der Waals surface area (Å²) in [5.74, 6) is -1.87. The van der Waals surface area contributed by atoms with Gasteiger partial charge in [-0.05, 0) is 12.0 Å². The molecule has 0 fully saturated rings. The van der Waals surface area contributed by atoms with Crippen LogP contribution in [0.3, 0.4) is 0 Å². The fourth-order valence-electron chi connectivity index (χ4n) is 2.02. The smallest absolute Gasteiger partial charge is 0.327 e. The van der Waals surface area contributed by atoms with E-state index in [4.69, 9.17) is 4.74 Å². The van der Waals surface area contributed by atoms with Crippen LogP contribution in [0.5, 0.6) is 0 Å². The average molecular weight is 250 g/mol. The van der Waals surface area contributed by atoms with Gasteiger partial charge in [0.05, 0.1) is 7.11 Å². The highest BCUT2D eigenvalue weighted by Gasteiger charge is 2.48. The molecule has 0 saturated heterocycles. The van der Waals surface area contributed by atoms with Crippen LogP contribution in [0.25, 0.3) is 0 Å². The molecule has 0 unspecified atom stereocenters. The Hall–Kier alpha value is -1.84. The second-order valence-corrected chi connectivity index (χ2v) is 4.17. The number of hydrogen-bond donors (Lipinski definition) is 1. The van der Waals surface area contributed by atoms with Crippen LogP contribution in [0.4, 0.5) is 0 Å². The van der Waals surface area contributed by atoms with Crippen molar-refractivity contribution in [2.24, 2.45) is 0 Å². The summed E-state index contributed by atoms with van der Waals surface area (Å²) in [4.78, 5) is 23.6. The molecule has 0 spiro atoms. The fourth-order valence-corrected chi connectivity index (χ4v) is 2.02. The van der Waals surface area contributed by atoms with Crippen LogP contribution in [0, 0.1) is 0 Å². The van der Waals surface area contributed by atoms with E-state index in [9.17, 15) is 14.7 Å². The first-order chi connectivity index (χ1) is 8.59. The first-order valence-electron chi connectivity index (χ1n) is 5.97. The van der Waals surface area contributed by atoms with Crippen molar-refractivity contribution in [1.82, 2.24) is 0 Å². The van der Waals surface area contributed by atoms with Crippen molar-refractivity contribution < 1.29 is 19.4 Å². The highest BCUT2D eigenvalue weighted by Crippen LogP contribution is 2.32. The number of hydrogen-bond acceptors (Lipinski definition) is 3. The molecule has 0 saturated carbocycles. The van der Waals surface area contributed by atoms with Crippen LogP contribution in [0.2, 0.25) is 0 Å². The van der Waals surface area contributed by atoms with E-state index >= 15 is 0 Å². The van der Waals surface area contributed by atoms with Crippen LogP contribution in [0.1, 0.15) is 31.7 Å². The van der Waals surface area contributed by atoms with E-state index in [-0.39, 0.29) is 6.42 Å². The van der Waals surface area contributed by atoms with Crippen LogP contribution < -0.4 is 0 Å². The Balaban J connectivity index is 3.29. The molecule has 0 heterocycles. The van der Waals surface area contributed by atoms with Gasteiger partial charge in [0.1, 0.15) is 0 Å². The van der Waals surface area contributed by atoms with Crippen LogP contribution >= 0.6 is 0 Å². The van der Waals surface area contributed by atoms with Gasteiger partial charge in [0.15, 0.2) is 5.41 Å². The van der Waals surface area contributed by atoms with Gasteiger partial charge in [-0.3, -0.25) is 9.59 Å². The Morgan fingerprint density at radius 3 is 2.33 bits per heavy atom. The Labute approximate surface area is 107 Å². The molecule has 1 aromatic rings. The minimum absolute atomic E-state index is 0.246. The van der Waals surface area contributed by atoms with Gasteiger partial charge in [-0.25, -0.2) is 0 Å². The predicted octanol–water partition coefficient (Wildman–Crippen LogP) is 2.37. The Morgan fingerprint density at radius 1 is 1.28 bits per heavy atom. The maximum Gasteiger partial charge on any atom is 0.327 e. The maximum absolute atomic E-state index is 12.0. The SMILES string of the molecule is CCCC[C@](C(=O)O)(C(=O)OC)c1ccccc1. The Bertz CT molecular complexity index is 413. The number of unbranched alkanes of at least 4 members (excludes halogenated alkanes) is 1. The van der Waals surface area contributed by atoms with E-state index in [1.165, 1.54) is 7.11 Å². The number of carbonyl (C=O) groups excluding carboxylic acids is 1. The van der Waals surface area contributed by atoms with Gasteiger partial charge in [0.25, 0.3) is 0 Å². The number of esters is 1. The monoisotopic (exact) mass is 250 g/mol. The Kier molecular flexibility index (Phi) is 4.89. The quantitative estimate of drug-likeness (QED) is 0.622. The molecule has 0 aliphatic rings. The number of aliphatic carboxylic acids is 1. The lowest BCUT2D eigenvalue weighted by atomic mass is 9.76. The zero-order valence-corrected chi connectivity index (χ0v) is 10.7. The van der Waals surface area contributed by atoms with Gasteiger partial charge in [0.2, 0.25) is 0 Å². The van der Waals surface area contributed by atoms with Gasteiger partial charge < -0.3 is 9.84 Å². The highest BCUT2D eigenvalue weighted by atomic mass is 16.5. The number of carboxylic acid groups (broad SMARTS) is 1. The summed E-state index contributed by atoms with van der Waals surface area (Å²) in [6.07, 6.45) is 1.71. The molecule has 0 aromatic heterocycles. The molecular formula is C14H18O4. The normalized spacial score (nSPS) is 13.7. The third kappa shape index (κ3) is 2.53. The lowest BCUT2D eigenvalue weighted by molar-refractivity contribution is -0.160. The summed E-state index contributed by atoms with van der Waals surface area (Å²) in [6.45, 7) is 1.95. The van der Waals surface area contributed by atoms with Crippen molar-refractivity contribution in [3.8, 4) is 0 Å². The molecule has 0 radical (unpaired) electrons. The van der Waals surface area contributed by atoms with Gasteiger partial charge in [-0.1, -0.05) is 50.1 Å². The molecule has 0 aliphatic carbocycles. The van der Waals surface area contributed by atoms with E-state index < -0.39 is 17.4 Å². The molecule has 1 atom stereocenters. The number of rotatable bonds is 6. The van der Waals surface area contributed by atoms with Crippen molar-refractivity contribution in [1.29, 1.82) is 0 Å². The van der Waals surface area contributed by atoms with Crippen molar-refractivity contribution in [3.05, 3.63) is 35.9 Å². The number of ether oxygens (including phenoxy) is 1. The number of benzene rings is 1. The second-order valence-electron chi connectivity index (χ2n) is 4.17. The molecule has 0 aliphatic heterocycles. The van der Waals surface area contributed by atoms with E-state index in [0.29, 0.717) is 12.0 Å². The zero-order chi connectivity index (χ0) is 13.6. The molecule has 0 bridgehead atoms. The summed E-state index contributed by atoms with van der Waals surface area (Å²) >= 11 is 0. The first-order valence-corrected chi connectivity index (χ1v) is 5.97. The average Bonchev–Trinajstić information content (AvgIpc) is 2.40. The van der Waals surface area contributed by atoms with E-state index in [0.717, 1.165) is 6.42 Å². The lowest BCUT2D eigenvalue weighted by Gasteiger charge is -2.26. The van der Waals surface area contributed by atoms with E-state index in [1.54, 1.807) is 30.3 Å². The molecular weight excluding hydrogens is 232 g/mol. The van der Waals surface area contributed by atoms with Gasteiger partial charge in [-0.15, -0.1) is 0 Å². The summed E-state index contributed by atoms with van der Waals surface area (Å²) < 4.78 is 4.71. The fraction of sp³-hybridized carbons (Fsp3) is 0.429.